The van der Waals surface area contributed by atoms with Gasteiger partial charge in [0.15, 0.2) is 0 Å². The molecule has 3 aromatic rings. The monoisotopic (exact) mass is 376 g/mol. The molecular formula is C22H24N4O2. The summed E-state index contributed by atoms with van der Waals surface area (Å²) in [6.45, 7) is 5.76. The minimum absolute atomic E-state index is 0.0263. The predicted octanol–water partition coefficient (Wildman–Crippen LogP) is 2.05. The highest BCUT2D eigenvalue weighted by Crippen LogP contribution is 2.10. The molecule has 2 heterocycles. The molecule has 1 aliphatic heterocycles. The highest BCUT2D eigenvalue weighted by Gasteiger charge is 2.22. The Hall–Kier alpha value is -2.99. The first kappa shape index (κ1) is 18.4. The van der Waals surface area contributed by atoms with Gasteiger partial charge in [0.2, 0.25) is 5.91 Å². The van der Waals surface area contributed by atoms with E-state index < -0.39 is 0 Å². The van der Waals surface area contributed by atoms with Crippen molar-refractivity contribution in [3.63, 3.8) is 0 Å². The fourth-order valence-corrected chi connectivity index (χ4v) is 3.70. The number of piperazine rings is 1. The van der Waals surface area contributed by atoms with E-state index >= 15 is 0 Å². The van der Waals surface area contributed by atoms with Crippen LogP contribution in [0.3, 0.4) is 0 Å². The van der Waals surface area contributed by atoms with Crippen LogP contribution in [0.15, 0.2) is 59.4 Å². The second-order valence-corrected chi connectivity index (χ2v) is 7.21. The van der Waals surface area contributed by atoms with Crippen molar-refractivity contribution in [2.45, 2.75) is 20.0 Å². The Balaban J connectivity index is 1.41. The summed E-state index contributed by atoms with van der Waals surface area (Å²) in [5, 5.41) is 0.550. The number of benzene rings is 2. The molecule has 0 atom stereocenters. The van der Waals surface area contributed by atoms with Crippen LogP contribution in [0.25, 0.3) is 10.9 Å². The molecule has 0 unspecified atom stereocenters. The average molecular weight is 376 g/mol. The van der Waals surface area contributed by atoms with Gasteiger partial charge < -0.3 is 4.90 Å². The zero-order valence-electron chi connectivity index (χ0n) is 16.0. The number of carbonyl (C=O) groups is 1. The van der Waals surface area contributed by atoms with Crippen molar-refractivity contribution in [1.29, 1.82) is 0 Å². The van der Waals surface area contributed by atoms with Crippen LogP contribution in [0.5, 0.6) is 0 Å². The summed E-state index contributed by atoms with van der Waals surface area (Å²) >= 11 is 0. The van der Waals surface area contributed by atoms with Crippen LogP contribution in [0.2, 0.25) is 0 Å². The lowest BCUT2D eigenvalue weighted by molar-refractivity contribution is -0.133. The van der Waals surface area contributed by atoms with Crippen LogP contribution in [-0.2, 0) is 17.9 Å². The number of aromatic nitrogens is 2. The zero-order chi connectivity index (χ0) is 19.5. The Bertz CT molecular complexity index is 1040. The number of carbonyl (C=O) groups excluding carboxylic acids is 1. The molecule has 0 saturated carbocycles. The number of hydrogen-bond donors (Lipinski definition) is 0. The summed E-state index contributed by atoms with van der Waals surface area (Å²) in [6, 6.07) is 17.6. The van der Waals surface area contributed by atoms with E-state index in [0.717, 1.165) is 19.6 Å². The van der Waals surface area contributed by atoms with Crippen molar-refractivity contribution < 1.29 is 4.79 Å². The molecule has 1 aliphatic rings. The zero-order valence-corrected chi connectivity index (χ0v) is 16.0. The molecule has 2 aromatic carbocycles. The molecule has 0 spiro atoms. The van der Waals surface area contributed by atoms with E-state index in [1.165, 1.54) is 10.1 Å². The van der Waals surface area contributed by atoms with Crippen molar-refractivity contribution in [2.75, 3.05) is 26.2 Å². The van der Waals surface area contributed by atoms with Gasteiger partial charge in [-0.2, -0.15) is 0 Å². The van der Waals surface area contributed by atoms with Crippen LogP contribution in [0.4, 0.5) is 0 Å². The van der Waals surface area contributed by atoms with Crippen LogP contribution in [0.1, 0.15) is 11.4 Å². The summed E-state index contributed by atoms with van der Waals surface area (Å²) in [5.74, 6) is 0.543. The first-order chi connectivity index (χ1) is 13.6. The first-order valence-electron chi connectivity index (χ1n) is 9.62. The second kappa shape index (κ2) is 7.94. The van der Waals surface area contributed by atoms with Crippen molar-refractivity contribution in [2.24, 2.45) is 0 Å². The Morgan fingerprint density at radius 2 is 1.64 bits per heavy atom. The highest BCUT2D eigenvalue weighted by molar-refractivity contribution is 5.79. The normalized spacial score (nSPS) is 15.1. The molecule has 0 bridgehead atoms. The average Bonchev–Trinajstić information content (AvgIpc) is 2.72. The summed E-state index contributed by atoms with van der Waals surface area (Å²) in [7, 11) is 0. The van der Waals surface area contributed by atoms with Gasteiger partial charge in [-0.15, -0.1) is 0 Å². The quantitative estimate of drug-likeness (QED) is 0.699. The van der Waals surface area contributed by atoms with Gasteiger partial charge in [0.05, 0.1) is 10.9 Å². The summed E-state index contributed by atoms with van der Waals surface area (Å²) in [4.78, 5) is 34.2. The third kappa shape index (κ3) is 3.82. The third-order valence-electron chi connectivity index (χ3n) is 5.32. The van der Waals surface area contributed by atoms with Gasteiger partial charge in [0.25, 0.3) is 5.56 Å². The van der Waals surface area contributed by atoms with Crippen LogP contribution in [0, 0.1) is 6.92 Å². The van der Waals surface area contributed by atoms with Crippen molar-refractivity contribution in [1.82, 2.24) is 19.4 Å². The number of rotatable bonds is 4. The van der Waals surface area contributed by atoms with Crippen molar-refractivity contribution in [3.05, 3.63) is 76.3 Å². The molecule has 28 heavy (non-hydrogen) atoms. The largest absolute Gasteiger partial charge is 0.339 e. The van der Waals surface area contributed by atoms with E-state index in [0.29, 0.717) is 29.8 Å². The lowest BCUT2D eigenvalue weighted by atomic mass is 10.2. The molecular weight excluding hydrogens is 352 g/mol. The van der Waals surface area contributed by atoms with E-state index in [1.54, 1.807) is 13.0 Å². The fraction of sp³-hybridized carbons (Fsp3) is 0.318. The van der Waals surface area contributed by atoms with E-state index in [-0.39, 0.29) is 18.0 Å². The maximum atomic E-state index is 12.8. The first-order valence-corrected chi connectivity index (χ1v) is 9.62. The van der Waals surface area contributed by atoms with E-state index in [1.807, 2.05) is 41.3 Å². The Morgan fingerprint density at radius 1 is 0.964 bits per heavy atom. The van der Waals surface area contributed by atoms with Gasteiger partial charge in [0, 0.05) is 32.7 Å². The summed E-state index contributed by atoms with van der Waals surface area (Å²) in [6.07, 6.45) is 0. The van der Waals surface area contributed by atoms with E-state index in [2.05, 4.69) is 22.0 Å². The van der Waals surface area contributed by atoms with Gasteiger partial charge >= 0.3 is 0 Å². The van der Waals surface area contributed by atoms with Crippen molar-refractivity contribution in [3.8, 4) is 0 Å². The number of amides is 1. The molecule has 1 fully saturated rings. The molecule has 1 saturated heterocycles. The molecule has 6 nitrogen and oxygen atoms in total. The van der Waals surface area contributed by atoms with Gasteiger partial charge in [-0.1, -0.05) is 42.5 Å². The lowest BCUT2D eigenvalue weighted by Crippen LogP contribution is -2.49. The molecule has 0 N–H and O–H groups in total. The number of hydrogen-bond acceptors (Lipinski definition) is 4. The maximum absolute atomic E-state index is 12.8. The maximum Gasteiger partial charge on any atom is 0.261 e. The summed E-state index contributed by atoms with van der Waals surface area (Å²) < 4.78 is 1.49. The van der Waals surface area contributed by atoms with Gasteiger partial charge in [-0.25, -0.2) is 4.98 Å². The third-order valence-corrected chi connectivity index (χ3v) is 5.32. The van der Waals surface area contributed by atoms with Gasteiger partial charge in [0.1, 0.15) is 12.4 Å². The lowest BCUT2D eigenvalue weighted by Gasteiger charge is -2.35. The van der Waals surface area contributed by atoms with Gasteiger partial charge in [-0.3, -0.25) is 19.1 Å². The standard InChI is InChI=1S/C22H24N4O2/c1-17-23-20-10-6-5-9-19(20)22(28)26(17)16-21(27)25-13-11-24(12-14-25)15-18-7-3-2-4-8-18/h2-10H,11-16H2,1H3. The fourth-order valence-electron chi connectivity index (χ4n) is 3.70. The number of para-hydroxylation sites is 1. The summed E-state index contributed by atoms with van der Waals surface area (Å²) in [5.41, 5.74) is 1.80. The Morgan fingerprint density at radius 3 is 2.39 bits per heavy atom. The molecule has 0 radical (unpaired) electrons. The molecule has 144 valence electrons. The minimum Gasteiger partial charge on any atom is -0.339 e. The Labute approximate surface area is 164 Å². The topological polar surface area (TPSA) is 58.4 Å². The molecule has 0 aliphatic carbocycles. The molecule has 4 rings (SSSR count). The van der Waals surface area contributed by atoms with Crippen LogP contribution in [-0.4, -0.2) is 51.4 Å². The molecule has 1 aromatic heterocycles. The predicted molar refractivity (Wildman–Crippen MR) is 109 cm³/mol. The second-order valence-electron chi connectivity index (χ2n) is 7.21. The molecule has 6 heteroatoms. The number of fused-ring (bicyclic) bond motifs is 1. The highest BCUT2D eigenvalue weighted by atomic mass is 16.2. The van der Waals surface area contributed by atoms with Crippen LogP contribution < -0.4 is 5.56 Å². The van der Waals surface area contributed by atoms with Gasteiger partial charge in [-0.05, 0) is 24.6 Å². The minimum atomic E-state index is -0.154. The molecule has 1 amide bonds. The number of nitrogens with zero attached hydrogens (tertiary/aromatic N) is 4. The van der Waals surface area contributed by atoms with E-state index in [9.17, 15) is 9.59 Å². The van der Waals surface area contributed by atoms with Crippen molar-refractivity contribution >= 4 is 16.8 Å². The SMILES string of the molecule is Cc1nc2ccccc2c(=O)n1CC(=O)N1CCN(Cc2ccccc2)CC1. The Kier molecular flexibility index (Phi) is 5.21. The van der Waals surface area contributed by atoms with Crippen LogP contribution >= 0.6 is 0 Å². The van der Waals surface area contributed by atoms with E-state index in [4.69, 9.17) is 0 Å². The number of aryl methyl sites for hydroxylation is 1. The smallest absolute Gasteiger partial charge is 0.261 e.